The van der Waals surface area contributed by atoms with Crippen molar-refractivity contribution in [3.8, 4) is 11.4 Å². The molecule has 0 fully saturated rings. The van der Waals surface area contributed by atoms with Crippen molar-refractivity contribution in [3.05, 3.63) is 82.7 Å². The Bertz CT molecular complexity index is 1050. The summed E-state index contributed by atoms with van der Waals surface area (Å²) >= 11 is 0. The van der Waals surface area contributed by atoms with E-state index in [9.17, 15) is 4.79 Å². The SMILES string of the molecule is CCOC(=O)Cc1ccc(-n2c(C)cc(/C=N\NCc3ccccc3OC)c2C)cc1. The summed E-state index contributed by atoms with van der Waals surface area (Å²) < 4.78 is 12.6. The quantitative estimate of drug-likeness (QED) is 0.318. The molecule has 31 heavy (non-hydrogen) atoms. The van der Waals surface area contributed by atoms with E-state index in [1.54, 1.807) is 7.11 Å². The summed E-state index contributed by atoms with van der Waals surface area (Å²) in [7, 11) is 1.67. The van der Waals surface area contributed by atoms with Crippen LogP contribution in [0, 0.1) is 13.8 Å². The highest BCUT2D eigenvalue weighted by molar-refractivity contribution is 5.82. The zero-order valence-corrected chi connectivity index (χ0v) is 18.5. The number of hydrazone groups is 1. The van der Waals surface area contributed by atoms with E-state index in [1.165, 1.54) is 0 Å². The van der Waals surface area contributed by atoms with Gasteiger partial charge in [-0.3, -0.25) is 4.79 Å². The molecule has 0 spiro atoms. The predicted molar refractivity (Wildman–Crippen MR) is 123 cm³/mol. The number of hydrogen-bond acceptors (Lipinski definition) is 5. The number of esters is 1. The number of ether oxygens (including phenoxy) is 2. The highest BCUT2D eigenvalue weighted by Crippen LogP contribution is 2.21. The van der Waals surface area contributed by atoms with Gasteiger partial charge in [-0.1, -0.05) is 30.3 Å². The zero-order valence-electron chi connectivity index (χ0n) is 18.5. The van der Waals surface area contributed by atoms with E-state index in [0.29, 0.717) is 13.2 Å². The van der Waals surface area contributed by atoms with Crippen molar-refractivity contribution in [1.29, 1.82) is 0 Å². The summed E-state index contributed by atoms with van der Waals surface area (Å²) in [5.41, 5.74) is 9.38. The highest BCUT2D eigenvalue weighted by atomic mass is 16.5. The van der Waals surface area contributed by atoms with E-state index >= 15 is 0 Å². The molecule has 3 rings (SSSR count). The Morgan fingerprint density at radius 3 is 2.58 bits per heavy atom. The molecule has 0 saturated carbocycles. The number of hydrogen-bond donors (Lipinski definition) is 1. The normalized spacial score (nSPS) is 11.0. The van der Waals surface area contributed by atoms with Crippen LogP contribution in [0.25, 0.3) is 5.69 Å². The van der Waals surface area contributed by atoms with Crippen LogP contribution in [0.4, 0.5) is 0 Å². The highest BCUT2D eigenvalue weighted by Gasteiger charge is 2.10. The third kappa shape index (κ3) is 5.54. The van der Waals surface area contributed by atoms with Crippen LogP contribution in [0.3, 0.4) is 0 Å². The summed E-state index contributed by atoms with van der Waals surface area (Å²) in [6, 6.07) is 18.0. The first kappa shape index (κ1) is 22.2. The van der Waals surface area contributed by atoms with Crippen LogP contribution in [0.15, 0.2) is 59.7 Å². The largest absolute Gasteiger partial charge is 0.496 e. The molecule has 6 nitrogen and oxygen atoms in total. The van der Waals surface area contributed by atoms with Gasteiger partial charge in [-0.05, 0) is 50.6 Å². The van der Waals surface area contributed by atoms with Gasteiger partial charge in [0, 0.05) is 28.2 Å². The summed E-state index contributed by atoms with van der Waals surface area (Å²) in [5.74, 6) is 0.637. The molecule has 1 N–H and O–H groups in total. The number of nitrogens with zero attached hydrogens (tertiary/aromatic N) is 2. The maximum absolute atomic E-state index is 11.7. The van der Waals surface area contributed by atoms with E-state index in [-0.39, 0.29) is 12.4 Å². The molecule has 1 heterocycles. The standard InChI is InChI=1S/C25H29N3O3/c1-5-31-25(29)15-20-10-12-23(13-11-20)28-18(2)14-22(19(28)3)17-27-26-16-21-8-6-7-9-24(21)30-4/h6-14,17,26H,5,15-16H2,1-4H3/b27-17-. The lowest BCUT2D eigenvalue weighted by molar-refractivity contribution is -0.142. The van der Waals surface area contributed by atoms with Gasteiger partial charge in [-0.15, -0.1) is 0 Å². The first-order valence-corrected chi connectivity index (χ1v) is 10.3. The fourth-order valence-electron chi connectivity index (χ4n) is 3.55. The van der Waals surface area contributed by atoms with E-state index in [2.05, 4.69) is 35.0 Å². The van der Waals surface area contributed by atoms with Gasteiger partial charge in [0.15, 0.2) is 0 Å². The lowest BCUT2D eigenvalue weighted by Crippen LogP contribution is -2.08. The van der Waals surface area contributed by atoms with Crippen molar-refractivity contribution < 1.29 is 14.3 Å². The third-order valence-corrected chi connectivity index (χ3v) is 5.08. The second-order valence-electron chi connectivity index (χ2n) is 7.22. The van der Waals surface area contributed by atoms with Gasteiger partial charge >= 0.3 is 5.97 Å². The number of aromatic nitrogens is 1. The van der Waals surface area contributed by atoms with Crippen molar-refractivity contribution in [2.24, 2.45) is 5.10 Å². The molecule has 0 bridgehead atoms. The smallest absolute Gasteiger partial charge is 0.310 e. The van der Waals surface area contributed by atoms with Crippen LogP contribution in [0.5, 0.6) is 5.75 Å². The Labute approximate surface area is 183 Å². The molecule has 3 aromatic rings. The van der Waals surface area contributed by atoms with E-state index in [4.69, 9.17) is 9.47 Å². The monoisotopic (exact) mass is 419 g/mol. The number of carbonyl (C=O) groups excluding carboxylic acids is 1. The minimum atomic E-state index is -0.206. The van der Waals surface area contributed by atoms with Crippen LogP contribution < -0.4 is 10.2 Å². The fourth-order valence-corrected chi connectivity index (χ4v) is 3.55. The van der Waals surface area contributed by atoms with Crippen molar-refractivity contribution in [3.63, 3.8) is 0 Å². The predicted octanol–water partition coefficient (Wildman–Crippen LogP) is 4.33. The molecule has 0 saturated heterocycles. The van der Waals surface area contributed by atoms with Gasteiger partial charge in [-0.25, -0.2) is 0 Å². The van der Waals surface area contributed by atoms with E-state index in [0.717, 1.165) is 39.5 Å². The minimum absolute atomic E-state index is 0.206. The van der Waals surface area contributed by atoms with Gasteiger partial charge in [-0.2, -0.15) is 5.10 Å². The molecule has 0 unspecified atom stereocenters. The molecule has 0 aliphatic rings. The van der Waals surface area contributed by atoms with Gasteiger partial charge in [0.1, 0.15) is 5.75 Å². The van der Waals surface area contributed by atoms with Crippen LogP contribution in [0.1, 0.15) is 35.0 Å². The summed E-state index contributed by atoms with van der Waals surface area (Å²) in [6.07, 6.45) is 2.12. The van der Waals surface area contributed by atoms with E-state index < -0.39 is 0 Å². The molecular weight excluding hydrogens is 390 g/mol. The van der Waals surface area contributed by atoms with Crippen LogP contribution in [-0.4, -0.2) is 30.5 Å². The number of rotatable bonds is 9. The maximum atomic E-state index is 11.7. The molecule has 0 amide bonds. The van der Waals surface area contributed by atoms with Gasteiger partial charge in [0.25, 0.3) is 0 Å². The van der Waals surface area contributed by atoms with E-state index in [1.807, 2.05) is 61.7 Å². The summed E-state index contributed by atoms with van der Waals surface area (Å²) in [6.45, 7) is 6.94. The van der Waals surface area contributed by atoms with Crippen LogP contribution in [-0.2, 0) is 22.5 Å². The second kappa shape index (κ2) is 10.5. The molecule has 6 heteroatoms. The number of para-hydroxylation sites is 1. The van der Waals surface area contributed by atoms with Gasteiger partial charge in [0.05, 0.1) is 32.9 Å². The average molecular weight is 420 g/mol. The minimum Gasteiger partial charge on any atom is -0.496 e. The Morgan fingerprint density at radius 1 is 1.13 bits per heavy atom. The summed E-state index contributed by atoms with van der Waals surface area (Å²) in [5, 5.41) is 4.39. The molecule has 1 aromatic heterocycles. The molecule has 0 radical (unpaired) electrons. The number of benzene rings is 2. The first-order valence-electron chi connectivity index (χ1n) is 10.3. The zero-order chi connectivity index (χ0) is 22.2. The number of aryl methyl sites for hydroxylation is 1. The number of methoxy groups -OCH3 is 1. The maximum Gasteiger partial charge on any atom is 0.310 e. The summed E-state index contributed by atoms with van der Waals surface area (Å²) in [4.78, 5) is 11.7. The number of nitrogens with one attached hydrogen (secondary N) is 1. The Hall–Kier alpha value is -3.54. The lowest BCUT2D eigenvalue weighted by Gasteiger charge is -2.10. The molecular formula is C25H29N3O3. The van der Waals surface area contributed by atoms with Crippen molar-refractivity contribution in [2.75, 3.05) is 13.7 Å². The molecule has 2 aromatic carbocycles. The molecule has 162 valence electrons. The number of carbonyl (C=O) groups is 1. The van der Waals surface area contributed by atoms with Crippen LogP contribution in [0.2, 0.25) is 0 Å². The molecule has 0 atom stereocenters. The van der Waals surface area contributed by atoms with Crippen molar-refractivity contribution in [2.45, 2.75) is 33.7 Å². The Morgan fingerprint density at radius 2 is 1.87 bits per heavy atom. The van der Waals surface area contributed by atoms with Crippen molar-refractivity contribution in [1.82, 2.24) is 9.99 Å². The Kier molecular flexibility index (Phi) is 7.49. The van der Waals surface area contributed by atoms with Crippen molar-refractivity contribution >= 4 is 12.2 Å². The molecule has 0 aliphatic heterocycles. The first-order chi connectivity index (χ1) is 15.0. The topological polar surface area (TPSA) is 64.9 Å². The van der Waals surface area contributed by atoms with Crippen LogP contribution >= 0.6 is 0 Å². The second-order valence-corrected chi connectivity index (χ2v) is 7.22. The lowest BCUT2D eigenvalue weighted by atomic mass is 10.1. The Balaban J connectivity index is 1.69. The average Bonchev–Trinajstić information content (AvgIpc) is 3.05. The fraction of sp³-hybridized carbons (Fsp3) is 0.280. The third-order valence-electron chi connectivity index (χ3n) is 5.08. The van der Waals surface area contributed by atoms with Gasteiger partial charge in [0.2, 0.25) is 0 Å². The van der Waals surface area contributed by atoms with Gasteiger partial charge < -0.3 is 19.5 Å². The molecule has 0 aliphatic carbocycles.